The zero-order chi connectivity index (χ0) is 9.68. The molecular weight excluding hydrogens is 164 g/mol. The second-order valence-corrected chi connectivity index (χ2v) is 3.04. The van der Waals surface area contributed by atoms with Crippen molar-refractivity contribution in [2.24, 2.45) is 0 Å². The van der Waals surface area contributed by atoms with Crippen molar-refractivity contribution >= 4 is 0 Å². The largest absolute Gasteiger partial charge is 0.392 e. The van der Waals surface area contributed by atoms with E-state index in [1.54, 1.807) is 0 Å². The summed E-state index contributed by atoms with van der Waals surface area (Å²) in [4.78, 5) is 0. The number of rotatable bonds is 4. The van der Waals surface area contributed by atoms with Crippen molar-refractivity contribution in [2.45, 2.75) is 12.5 Å². The maximum absolute atomic E-state index is 9.65. The van der Waals surface area contributed by atoms with Crippen LogP contribution in [0.25, 0.3) is 0 Å². The molecule has 0 saturated heterocycles. The van der Waals surface area contributed by atoms with Gasteiger partial charge in [0, 0.05) is 6.42 Å². The smallest absolute Gasteiger partial charge is 0.0827 e. The van der Waals surface area contributed by atoms with Crippen LogP contribution in [0.15, 0.2) is 42.5 Å². The molecule has 0 radical (unpaired) electrons. The summed E-state index contributed by atoms with van der Waals surface area (Å²) in [6, 6.07) is 9.36. The normalized spacial score (nSPS) is 12.5. The maximum Gasteiger partial charge on any atom is 0.0827 e. The Bertz CT molecular complexity index is 267. The van der Waals surface area contributed by atoms with Crippen LogP contribution in [0.5, 0.6) is 0 Å². The van der Waals surface area contributed by atoms with Gasteiger partial charge in [0.25, 0.3) is 0 Å². The van der Waals surface area contributed by atoms with Gasteiger partial charge in [0.2, 0.25) is 0 Å². The van der Waals surface area contributed by atoms with Crippen molar-refractivity contribution in [2.75, 3.05) is 6.61 Å². The van der Waals surface area contributed by atoms with E-state index in [4.69, 9.17) is 5.11 Å². The lowest BCUT2D eigenvalue weighted by Crippen LogP contribution is -2.00. The molecule has 1 atom stereocenters. The molecule has 0 aliphatic carbocycles. The lowest BCUT2D eigenvalue weighted by atomic mass is 10.0. The third-order valence-electron chi connectivity index (χ3n) is 1.89. The van der Waals surface area contributed by atoms with Crippen LogP contribution in [-0.4, -0.2) is 16.8 Å². The zero-order valence-corrected chi connectivity index (χ0v) is 7.48. The molecule has 1 aromatic rings. The van der Waals surface area contributed by atoms with Crippen LogP contribution in [0.1, 0.15) is 18.1 Å². The Balaban J connectivity index is 2.59. The van der Waals surface area contributed by atoms with Gasteiger partial charge in [0.05, 0.1) is 12.7 Å². The summed E-state index contributed by atoms with van der Waals surface area (Å²) in [6.07, 6.45) is -0.138. The molecule has 0 bridgehead atoms. The molecule has 2 heteroatoms. The lowest BCUT2D eigenvalue weighted by molar-refractivity contribution is 0.172. The van der Waals surface area contributed by atoms with Gasteiger partial charge in [-0.3, -0.25) is 0 Å². The van der Waals surface area contributed by atoms with Crippen LogP contribution < -0.4 is 0 Å². The first-order chi connectivity index (χ1) is 6.24. The van der Waals surface area contributed by atoms with Gasteiger partial charge in [-0.1, -0.05) is 36.9 Å². The van der Waals surface area contributed by atoms with E-state index in [1.807, 2.05) is 30.3 Å². The van der Waals surface area contributed by atoms with Gasteiger partial charge in [-0.05, 0) is 11.1 Å². The van der Waals surface area contributed by atoms with E-state index in [2.05, 4.69) is 6.58 Å². The van der Waals surface area contributed by atoms with Crippen molar-refractivity contribution in [1.82, 2.24) is 0 Å². The minimum absolute atomic E-state index is 0.0656. The SMILES string of the molecule is C=C(CO)C[C@H](O)c1ccccc1. The number of aliphatic hydroxyl groups excluding tert-OH is 2. The van der Waals surface area contributed by atoms with Crippen LogP contribution in [0.4, 0.5) is 0 Å². The number of hydrogen-bond acceptors (Lipinski definition) is 2. The Kier molecular flexibility index (Phi) is 3.68. The molecule has 0 spiro atoms. The topological polar surface area (TPSA) is 40.5 Å². The van der Waals surface area contributed by atoms with E-state index >= 15 is 0 Å². The summed E-state index contributed by atoms with van der Waals surface area (Å²) in [5.74, 6) is 0. The molecule has 1 rings (SSSR count). The minimum Gasteiger partial charge on any atom is -0.392 e. The third-order valence-corrected chi connectivity index (χ3v) is 1.89. The van der Waals surface area contributed by atoms with Crippen LogP contribution >= 0.6 is 0 Å². The van der Waals surface area contributed by atoms with Crippen molar-refractivity contribution in [1.29, 1.82) is 0 Å². The monoisotopic (exact) mass is 178 g/mol. The summed E-state index contributed by atoms with van der Waals surface area (Å²) in [7, 11) is 0. The molecular formula is C11H14O2. The van der Waals surface area contributed by atoms with Gasteiger partial charge in [0.1, 0.15) is 0 Å². The minimum atomic E-state index is -0.555. The summed E-state index contributed by atoms with van der Waals surface area (Å²) < 4.78 is 0. The molecule has 1 aromatic carbocycles. The van der Waals surface area contributed by atoms with Gasteiger partial charge in [-0.2, -0.15) is 0 Å². The number of aliphatic hydroxyl groups is 2. The number of hydrogen-bond donors (Lipinski definition) is 2. The second-order valence-electron chi connectivity index (χ2n) is 3.04. The van der Waals surface area contributed by atoms with Crippen molar-refractivity contribution in [3.63, 3.8) is 0 Å². The fourth-order valence-corrected chi connectivity index (χ4v) is 1.13. The number of benzene rings is 1. The third kappa shape index (κ3) is 3.01. The maximum atomic E-state index is 9.65. The molecule has 0 aromatic heterocycles. The van der Waals surface area contributed by atoms with Gasteiger partial charge < -0.3 is 10.2 Å². The Morgan fingerprint density at radius 3 is 2.46 bits per heavy atom. The summed E-state index contributed by atoms with van der Waals surface area (Å²) in [5.41, 5.74) is 1.51. The van der Waals surface area contributed by atoms with Gasteiger partial charge in [0.15, 0.2) is 0 Å². The molecule has 2 N–H and O–H groups in total. The van der Waals surface area contributed by atoms with Gasteiger partial charge >= 0.3 is 0 Å². The molecule has 0 fully saturated rings. The van der Waals surface area contributed by atoms with Crippen LogP contribution in [0.3, 0.4) is 0 Å². The second kappa shape index (κ2) is 4.80. The van der Waals surface area contributed by atoms with Crippen molar-refractivity contribution in [3.05, 3.63) is 48.0 Å². The summed E-state index contributed by atoms with van der Waals surface area (Å²) in [6.45, 7) is 3.56. The Hall–Kier alpha value is -1.12. The Morgan fingerprint density at radius 1 is 1.31 bits per heavy atom. The standard InChI is InChI=1S/C11H14O2/c1-9(8-12)7-11(13)10-5-3-2-4-6-10/h2-6,11-13H,1,7-8H2/t11-/m0/s1. The predicted molar refractivity (Wildman–Crippen MR) is 52.2 cm³/mol. The highest BCUT2D eigenvalue weighted by Crippen LogP contribution is 2.19. The highest BCUT2D eigenvalue weighted by atomic mass is 16.3. The van der Waals surface area contributed by atoms with E-state index in [0.29, 0.717) is 12.0 Å². The fourth-order valence-electron chi connectivity index (χ4n) is 1.13. The first-order valence-electron chi connectivity index (χ1n) is 4.24. The fraction of sp³-hybridized carbons (Fsp3) is 0.273. The van der Waals surface area contributed by atoms with Crippen LogP contribution in [0, 0.1) is 0 Å². The summed E-state index contributed by atoms with van der Waals surface area (Å²) in [5, 5.41) is 18.4. The van der Waals surface area contributed by atoms with Gasteiger partial charge in [-0.15, -0.1) is 0 Å². The zero-order valence-electron chi connectivity index (χ0n) is 7.48. The van der Waals surface area contributed by atoms with Crippen molar-refractivity contribution < 1.29 is 10.2 Å². The average Bonchev–Trinajstić information content (AvgIpc) is 2.19. The van der Waals surface area contributed by atoms with E-state index < -0.39 is 6.10 Å². The molecule has 0 aliphatic heterocycles. The van der Waals surface area contributed by atoms with E-state index in [1.165, 1.54) is 0 Å². The molecule has 0 aliphatic rings. The first kappa shape index (κ1) is 9.96. The average molecular weight is 178 g/mol. The molecule has 13 heavy (non-hydrogen) atoms. The van der Waals surface area contributed by atoms with Crippen LogP contribution in [-0.2, 0) is 0 Å². The quantitative estimate of drug-likeness (QED) is 0.688. The first-order valence-corrected chi connectivity index (χ1v) is 4.24. The molecule has 2 nitrogen and oxygen atoms in total. The van der Waals surface area contributed by atoms with E-state index in [-0.39, 0.29) is 6.61 Å². The molecule has 0 unspecified atom stereocenters. The van der Waals surface area contributed by atoms with E-state index in [9.17, 15) is 5.11 Å². The Labute approximate surface area is 78.2 Å². The summed E-state index contributed by atoms with van der Waals surface area (Å²) >= 11 is 0. The highest BCUT2D eigenvalue weighted by Gasteiger charge is 2.07. The molecule has 0 amide bonds. The van der Waals surface area contributed by atoms with Crippen LogP contribution in [0.2, 0.25) is 0 Å². The molecule has 70 valence electrons. The highest BCUT2D eigenvalue weighted by molar-refractivity contribution is 5.18. The Morgan fingerprint density at radius 2 is 1.92 bits per heavy atom. The predicted octanol–water partition coefficient (Wildman–Crippen LogP) is 1.66. The molecule has 0 heterocycles. The lowest BCUT2D eigenvalue weighted by Gasteiger charge is -2.10. The van der Waals surface area contributed by atoms with E-state index in [0.717, 1.165) is 5.56 Å². The van der Waals surface area contributed by atoms with Crippen molar-refractivity contribution in [3.8, 4) is 0 Å². The molecule has 0 saturated carbocycles. The van der Waals surface area contributed by atoms with Gasteiger partial charge in [-0.25, -0.2) is 0 Å².